The minimum absolute atomic E-state index is 0.0204. The summed E-state index contributed by atoms with van der Waals surface area (Å²) in [6.07, 6.45) is 2.59. The van der Waals surface area contributed by atoms with Gasteiger partial charge in [-0.15, -0.1) is 0 Å². The van der Waals surface area contributed by atoms with E-state index in [1.807, 2.05) is 18.2 Å². The molecule has 0 N–H and O–H groups in total. The first-order valence-electron chi connectivity index (χ1n) is 9.58. The molecule has 0 amide bonds. The Labute approximate surface area is 157 Å². The molecule has 27 heavy (non-hydrogen) atoms. The third kappa shape index (κ3) is 1.53. The van der Waals surface area contributed by atoms with Crippen molar-refractivity contribution in [1.29, 1.82) is 0 Å². The summed E-state index contributed by atoms with van der Waals surface area (Å²) in [5.41, 5.74) is 3.93. The van der Waals surface area contributed by atoms with Gasteiger partial charge < -0.3 is 9.47 Å². The lowest BCUT2D eigenvalue weighted by Crippen LogP contribution is -2.75. The lowest BCUT2D eigenvalue weighted by Gasteiger charge is -2.63. The topological polar surface area (TPSA) is 60.4 Å². The summed E-state index contributed by atoms with van der Waals surface area (Å²) in [5, 5.41) is 2.10. The smallest absolute Gasteiger partial charge is 0.310 e. The van der Waals surface area contributed by atoms with E-state index < -0.39 is 11.7 Å². The van der Waals surface area contributed by atoms with Crippen LogP contribution in [0.25, 0.3) is 0 Å². The number of hydroxylamine groups is 2. The van der Waals surface area contributed by atoms with Gasteiger partial charge in [-0.25, -0.2) is 0 Å². The van der Waals surface area contributed by atoms with Crippen LogP contribution in [0.2, 0.25) is 0 Å². The first-order chi connectivity index (χ1) is 13.2. The number of esters is 1. The number of allylic oxidation sites excluding steroid dienone is 1. The average molecular weight is 366 g/mol. The molecule has 4 heterocycles. The molecule has 7 rings (SSSR count). The van der Waals surface area contributed by atoms with Crippen LogP contribution in [0, 0.1) is 17.8 Å². The van der Waals surface area contributed by atoms with Crippen LogP contribution in [0.5, 0.6) is 0 Å². The van der Waals surface area contributed by atoms with Crippen molar-refractivity contribution in [1.82, 2.24) is 5.06 Å². The van der Waals surface area contributed by atoms with E-state index in [0.29, 0.717) is 0 Å². The van der Waals surface area contributed by atoms with Gasteiger partial charge in [0.2, 0.25) is 0 Å². The number of aliphatic imine (C=N–C) groups is 1. The van der Waals surface area contributed by atoms with Crippen molar-refractivity contribution in [2.24, 2.45) is 22.7 Å². The van der Waals surface area contributed by atoms with Crippen LogP contribution in [0.15, 0.2) is 40.9 Å². The second-order valence-corrected chi connectivity index (χ2v) is 8.07. The van der Waals surface area contributed by atoms with Crippen LogP contribution in [0.1, 0.15) is 18.9 Å². The van der Waals surface area contributed by atoms with Crippen molar-refractivity contribution in [2.45, 2.75) is 37.1 Å². The van der Waals surface area contributed by atoms with E-state index in [-0.39, 0.29) is 35.8 Å². The summed E-state index contributed by atoms with van der Waals surface area (Å²) in [6, 6.07) is 8.42. The first kappa shape index (κ1) is 16.0. The molecule has 6 bridgehead atoms. The predicted molar refractivity (Wildman–Crippen MR) is 97.4 cm³/mol. The van der Waals surface area contributed by atoms with Crippen molar-refractivity contribution >= 4 is 17.4 Å². The molecule has 1 aromatic carbocycles. The Bertz CT molecular complexity index is 925. The summed E-state index contributed by atoms with van der Waals surface area (Å²) in [4.78, 5) is 24.5. The first-order valence-corrected chi connectivity index (χ1v) is 9.58. The molecule has 0 radical (unpaired) electrons. The molecule has 2 saturated carbocycles. The van der Waals surface area contributed by atoms with Crippen LogP contribution >= 0.6 is 0 Å². The molecule has 1 unspecified atom stereocenters. The van der Waals surface area contributed by atoms with Crippen LogP contribution in [0.4, 0.5) is 5.69 Å². The molecular weight excluding hydrogens is 344 g/mol. The number of benzene rings is 1. The zero-order valence-electron chi connectivity index (χ0n) is 15.6. The molecule has 6 nitrogen and oxygen atoms in total. The maximum absolute atomic E-state index is 13.2. The van der Waals surface area contributed by atoms with E-state index in [1.165, 1.54) is 12.7 Å². The highest BCUT2D eigenvalue weighted by molar-refractivity contribution is 6.10. The van der Waals surface area contributed by atoms with Gasteiger partial charge >= 0.3 is 5.97 Å². The molecule has 0 aromatic heterocycles. The lowest BCUT2D eigenvalue weighted by atomic mass is 9.42. The SMILES string of the molecule is C/C=C1/[C@@H]2[C@@H]3[C@@H](OC)ON2[C@H]2C[C@@H]1[C@@H](C(=O)OC)[C@]31C2=Nc2ccccc21. The summed E-state index contributed by atoms with van der Waals surface area (Å²) >= 11 is 0. The molecule has 4 aliphatic heterocycles. The van der Waals surface area contributed by atoms with Crippen LogP contribution in [-0.4, -0.2) is 49.3 Å². The molecule has 8 atom stereocenters. The predicted octanol–water partition coefficient (Wildman–Crippen LogP) is 2.37. The van der Waals surface area contributed by atoms with Gasteiger partial charge in [-0.05, 0) is 30.9 Å². The fraction of sp³-hybridized carbons (Fsp3) is 0.524. The fourth-order valence-corrected chi connectivity index (χ4v) is 6.79. The maximum Gasteiger partial charge on any atom is 0.310 e. The van der Waals surface area contributed by atoms with Crippen LogP contribution in [-0.2, 0) is 24.5 Å². The van der Waals surface area contributed by atoms with Crippen LogP contribution < -0.4 is 0 Å². The highest BCUT2D eigenvalue weighted by atomic mass is 16.8. The number of carbonyl (C=O) groups excluding carboxylic acids is 1. The number of ether oxygens (including phenoxy) is 2. The lowest BCUT2D eigenvalue weighted by molar-refractivity contribution is -0.243. The largest absolute Gasteiger partial charge is 0.469 e. The highest BCUT2D eigenvalue weighted by Gasteiger charge is 2.78. The molecule has 3 saturated heterocycles. The Morgan fingerprint density at radius 2 is 2.19 bits per heavy atom. The Hall–Kier alpha value is -2.02. The molecule has 2 aliphatic carbocycles. The van der Waals surface area contributed by atoms with E-state index in [4.69, 9.17) is 19.3 Å². The van der Waals surface area contributed by atoms with Crippen molar-refractivity contribution in [3.8, 4) is 0 Å². The number of piperidine rings is 2. The number of methoxy groups -OCH3 is 2. The highest BCUT2D eigenvalue weighted by Crippen LogP contribution is 2.69. The Morgan fingerprint density at radius 3 is 2.93 bits per heavy atom. The van der Waals surface area contributed by atoms with E-state index in [1.54, 1.807) is 7.11 Å². The summed E-state index contributed by atoms with van der Waals surface area (Å²) < 4.78 is 11.1. The number of carbonyl (C=O) groups is 1. The minimum atomic E-state index is -0.512. The molecule has 1 aromatic rings. The van der Waals surface area contributed by atoms with Crippen molar-refractivity contribution in [2.75, 3.05) is 14.2 Å². The zero-order chi connectivity index (χ0) is 18.5. The molecule has 140 valence electrons. The molecular formula is C21H22N2O4. The van der Waals surface area contributed by atoms with Crippen LogP contribution in [0.3, 0.4) is 0 Å². The molecule has 6 aliphatic rings. The van der Waals surface area contributed by atoms with Gasteiger partial charge in [0.15, 0.2) is 6.29 Å². The van der Waals surface area contributed by atoms with Gasteiger partial charge in [-0.3, -0.25) is 14.6 Å². The number of hydrogen-bond donors (Lipinski definition) is 0. The maximum atomic E-state index is 13.2. The quantitative estimate of drug-likeness (QED) is 0.594. The van der Waals surface area contributed by atoms with E-state index in [2.05, 4.69) is 24.1 Å². The number of para-hydroxylation sites is 1. The zero-order valence-corrected chi connectivity index (χ0v) is 15.6. The number of hydrogen-bond acceptors (Lipinski definition) is 6. The second kappa shape index (κ2) is 5.07. The Balaban J connectivity index is 1.70. The standard InChI is InChI=1S/C21H22N2O4/c1-4-10-11-9-14-18-21(15(11)19(24)25-2,12-7-5-6-8-13(12)22-18)16-17(10)23(14)27-20(16)26-3/h4-8,11,14-17,20H,9H2,1-3H3/b10-4+/t11-,14-,15-,16+,17+,20-,21-/m0/s1. The monoisotopic (exact) mass is 366 g/mol. The molecule has 6 heteroatoms. The third-order valence-electron chi connectivity index (χ3n) is 7.46. The Kier molecular flexibility index (Phi) is 3.00. The van der Waals surface area contributed by atoms with E-state index in [0.717, 1.165) is 23.4 Å². The average Bonchev–Trinajstić information content (AvgIpc) is 3.23. The minimum Gasteiger partial charge on any atom is -0.469 e. The summed E-state index contributed by atoms with van der Waals surface area (Å²) in [5.74, 6) is -0.326. The number of nitrogens with zero attached hydrogens (tertiary/aromatic N) is 2. The third-order valence-corrected chi connectivity index (χ3v) is 7.46. The number of fused-ring (bicyclic) bond motifs is 1. The van der Waals surface area contributed by atoms with Gasteiger partial charge in [0, 0.05) is 13.0 Å². The Morgan fingerprint density at radius 1 is 1.37 bits per heavy atom. The van der Waals surface area contributed by atoms with Gasteiger partial charge in [0.25, 0.3) is 0 Å². The van der Waals surface area contributed by atoms with Gasteiger partial charge in [0.1, 0.15) is 0 Å². The molecule has 5 fully saturated rings. The van der Waals surface area contributed by atoms with Gasteiger partial charge in [-0.2, -0.15) is 5.06 Å². The van der Waals surface area contributed by atoms with Crippen molar-refractivity contribution in [3.05, 3.63) is 41.5 Å². The fourth-order valence-electron chi connectivity index (χ4n) is 6.79. The molecule has 1 spiro atoms. The van der Waals surface area contributed by atoms with Gasteiger partial charge in [-0.1, -0.05) is 29.8 Å². The number of rotatable bonds is 2. The normalized spacial score (nSPS) is 46.4. The van der Waals surface area contributed by atoms with E-state index in [9.17, 15) is 4.79 Å². The van der Waals surface area contributed by atoms with Crippen molar-refractivity contribution < 1.29 is 19.1 Å². The summed E-state index contributed by atoms with van der Waals surface area (Å²) in [7, 11) is 3.17. The van der Waals surface area contributed by atoms with Crippen molar-refractivity contribution in [3.63, 3.8) is 0 Å². The summed E-state index contributed by atoms with van der Waals surface area (Å²) in [6.45, 7) is 2.06. The van der Waals surface area contributed by atoms with Gasteiger partial charge in [0.05, 0.1) is 41.9 Å². The second-order valence-electron chi connectivity index (χ2n) is 8.07. The van der Waals surface area contributed by atoms with E-state index >= 15 is 0 Å².